The second kappa shape index (κ2) is 3.35. The van der Waals surface area contributed by atoms with Crippen LogP contribution in [0.3, 0.4) is 0 Å². The number of hydrogen-bond acceptors (Lipinski definition) is 1. The summed E-state index contributed by atoms with van der Waals surface area (Å²) in [6.07, 6.45) is 1.38. The molecule has 1 aromatic rings. The van der Waals surface area contributed by atoms with Crippen molar-refractivity contribution in [1.82, 2.24) is 5.32 Å². The molecule has 0 aromatic heterocycles. The quantitative estimate of drug-likeness (QED) is 0.810. The Balaban J connectivity index is 1.83. The second-order valence-electron chi connectivity index (χ2n) is 4.48. The van der Waals surface area contributed by atoms with Crippen molar-refractivity contribution in [2.45, 2.75) is 12.3 Å². The summed E-state index contributed by atoms with van der Waals surface area (Å²) in [6.45, 7) is 2.47. The third kappa shape index (κ3) is 1.32. The minimum absolute atomic E-state index is 0.812. The SMILES string of the molecule is Brc1cccc([C@@H]2C[C@H]3CNC[C@@H]32)c1. The first kappa shape index (κ1) is 8.93. The van der Waals surface area contributed by atoms with Crippen LogP contribution in [0.25, 0.3) is 0 Å². The van der Waals surface area contributed by atoms with Crippen molar-refractivity contribution in [3.8, 4) is 0 Å². The number of nitrogens with one attached hydrogen (secondary N) is 1. The minimum atomic E-state index is 0.812. The summed E-state index contributed by atoms with van der Waals surface area (Å²) in [5, 5.41) is 3.49. The van der Waals surface area contributed by atoms with Gasteiger partial charge in [-0.05, 0) is 55.0 Å². The standard InChI is InChI=1S/C12H14BrN/c13-10-3-1-2-8(4-10)11-5-9-6-14-7-12(9)11/h1-4,9,11-12,14H,5-7H2/t9-,11-,12-/m0/s1. The van der Waals surface area contributed by atoms with Crippen molar-refractivity contribution in [1.29, 1.82) is 0 Å². The van der Waals surface area contributed by atoms with Gasteiger partial charge >= 0.3 is 0 Å². The molecule has 0 unspecified atom stereocenters. The number of fused-ring (bicyclic) bond motifs is 1. The molecule has 1 aromatic carbocycles. The molecule has 74 valence electrons. The van der Waals surface area contributed by atoms with E-state index >= 15 is 0 Å². The first-order valence-electron chi connectivity index (χ1n) is 5.31. The molecule has 3 atom stereocenters. The average molecular weight is 252 g/mol. The van der Waals surface area contributed by atoms with Gasteiger partial charge in [-0.1, -0.05) is 28.1 Å². The van der Waals surface area contributed by atoms with Crippen LogP contribution in [0.1, 0.15) is 17.9 Å². The van der Waals surface area contributed by atoms with Gasteiger partial charge in [-0.15, -0.1) is 0 Å². The van der Waals surface area contributed by atoms with E-state index in [4.69, 9.17) is 0 Å². The van der Waals surface area contributed by atoms with Crippen molar-refractivity contribution in [3.05, 3.63) is 34.3 Å². The van der Waals surface area contributed by atoms with Crippen molar-refractivity contribution in [3.63, 3.8) is 0 Å². The van der Waals surface area contributed by atoms with Gasteiger partial charge in [-0.25, -0.2) is 0 Å². The fourth-order valence-electron chi connectivity index (χ4n) is 2.91. The summed E-state index contributed by atoms with van der Waals surface area (Å²) in [6, 6.07) is 8.80. The van der Waals surface area contributed by atoms with Gasteiger partial charge in [-0.2, -0.15) is 0 Å². The Morgan fingerprint density at radius 1 is 1.29 bits per heavy atom. The molecule has 0 radical (unpaired) electrons. The predicted molar refractivity (Wildman–Crippen MR) is 61.3 cm³/mol. The summed E-state index contributed by atoms with van der Waals surface area (Å²) < 4.78 is 1.21. The number of hydrogen-bond donors (Lipinski definition) is 1. The zero-order valence-corrected chi connectivity index (χ0v) is 9.63. The molecular formula is C12H14BrN. The molecule has 1 heterocycles. The third-order valence-electron chi connectivity index (χ3n) is 3.74. The molecule has 1 aliphatic heterocycles. The molecule has 1 saturated heterocycles. The highest BCUT2D eigenvalue weighted by Gasteiger charge is 2.44. The summed E-state index contributed by atoms with van der Waals surface area (Å²) >= 11 is 3.54. The number of rotatable bonds is 1. The van der Waals surface area contributed by atoms with Crippen LogP contribution in [0.5, 0.6) is 0 Å². The van der Waals surface area contributed by atoms with E-state index in [1.165, 1.54) is 29.5 Å². The highest BCUT2D eigenvalue weighted by atomic mass is 79.9. The summed E-state index contributed by atoms with van der Waals surface area (Å²) in [5.74, 6) is 2.68. The smallest absolute Gasteiger partial charge is 0.0178 e. The van der Waals surface area contributed by atoms with Crippen LogP contribution in [0.2, 0.25) is 0 Å². The van der Waals surface area contributed by atoms with Gasteiger partial charge in [-0.3, -0.25) is 0 Å². The molecule has 0 amide bonds. The Bertz CT molecular complexity index is 350. The monoisotopic (exact) mass is 251 g/mol. The summed E-state index contributed by atoms with van der Waals surface area (Å²) in [5.41, 5.74) is 1.52. The van der Waals surface area contributed by atoms with E-state index in [-0.39, 0.29) is 0 Å². The molecule has 0 bridgehead atoms. The fourth-order valence-corrected chi connectivity index (χ4v) is 3.32. The molecule has 0 spiro atoms. The second-order valence-corrected chi connectivity index (χ2v) is 5.40. The first-order valence-corrected chi connectivity index (χ1v) is 6.10. The molecule has 14 heavy (non-hydrogen) atoms. The molecule has 2 heteroatoms. The molecular weight excluding hydrogens is 238 g/mol. The topological polar surface area (TPSA) is 12.0 Å². The zero-order valence-electron chi connectivity index (χ0n) is 8.04. The van der Waals surface area contributed by atoms with Gasteiger partial charge in [0.2, 0.25) is 0 Å². The predicted octanol–water partition coefficient (Wildman–Crippen LogP) is 2.77. The Labute approximate surface area is 93.0 Å². The highest BCUT2D eigenvalue weighted by molar-refractivity contribution is 9.10. The lowest BCUT2D eigenvalue weighted by atomic mass is 9.64. The maximum atomic E-state index is 3.54. The lowest BCUT2D eigenvalue weighted by Gasteiger charge is -2.40. The van der Waals surface area contributed by atoms with E-state index in [9.17, 15) is 0 Å². The normalized spacial score (nSPS) is 35.1. The van der Waals surface area contributed by atoms with Gasteiger partial charge in [0.25, 0.3) is 0 Å². The maximum absolute atomic E-state index is 3.54. The Morgan fingerprint density at radius 3 is 3.00 bits per heavy atom. The molecule has 2 aliphatic rings. The van der Waals surface area contributed by atoms with Crippen LogP contribution >= 0.6 is 15.9 Å². The Hall–Kier alpha value is -0.340. The van der Waals surface area contributed by atoms with Crippen LogP contribution in [0, 0.1) is 11.8 Å². The van der Waals surface area contributed by atoms with E-state index in [1.54, 1.807) is 0 Å². The van der Waals surface area contributed by atoms with Gasteiger partial charge in [0, 0.05) is 4.47 Å². The van der Waals surface area contributed by atoms with Crippen molar-refractivity contribution < 1.29 is 0 Å². The van der Waals surface area contributed by atoms with Gasteiger partial charge in [0.05, 0.1) is 0 Å². The van der Waals surface area contributed by atoms with Crippen LogP contribution < -0.4 is 5.32 Å². The van der Waals surface area contributed by atoms with Crippen LogP contribution in [-0.4, -0.2) is 13.1 Å². The lowest BCUT2D eigenvalue weighted by Crippen LogP contribution is -2.33. The van der Waals surface area contributed by atoms with Gasteiger partial charge < -0.3 is 5.32 Å². The number of halogens is 1. The van der Waals surface area contributed by atoms with Crippen molar-refractivity contribution in [2.24, 2.45) is 11.8 Å². The van der Waals surface area contributed by atoms with Gasteiger partial charge in [0.1, 0.15) is 0 Å². The first-order chi connectivity index (χ1) is 6.84. The summed E-state index contributed by atoms with van der Waals surface area (Å²) in [4.78, 5) is 0. The molecule has 3 rings (SSSR count). The van der Waals surface area contributed by atoms with Crippen LogP contribution in [-0.2, 0) is 0 Å². The summed E-state index contributed by atoms with van der Waals surface area (Å²) in [7, 11) is 0. The van der Waals surface area contributed by atoms with Crippen molar-refractivity contribution >= 4 is 15.9 Å². The Kier molecular flexibility index (Phi) is 2.14. The Morgan fingerprint density at radius 2 is 2.21 bits per heavy atom. The van der Waals surface area contributed by atoms with Crippen LogP contribution in [0.4, 0.5) is 0 Å². The highest BCUT2D eigenvalue weighted by Crippen LogP contribution is 2.49. The third-order valence-corrected chi connectivity index (χ3v) is 4.24. The molecule has 2 fully saturated rings. The fraction of sp³-hybridized carbons (Fsp3) is 0.500. The van der Waals surface area contributed by atoms with Gasteiger partial charge in [0.15, 0.2) is 0 Å². The molecule has 1 N–H and O–H groups in total. The van der Waals surface area contributed by atoms with E-state index < -0.39 is 0 Å². The van der Waals surface area contributed by atoms with Crippen molar-refractivity contribution in [2.75, 3.05) is 13.1 Å². The minimum Gasteiger partial charge on any atom is -0.316 e. The molecule has 1 nitrogen and oxygen atoms in total. The molecule has 1 saturated carbocycles. The van der Waals surface area contributed by atoms with E-state index in [0.717, 1.165) is 17.8 Å². The largest absolute Gasteiger partial charge is 0.316 e. The average Bonchev–Trinajstić information content (AvgIpc) is 2.48. The van der Waals surface area contributed by atoms with E-state index in [1.807, 2.05) is 0 Å². The maximum Gasteiger partial charge on any atom is 0.0178 e. The van der Waals surface area contributed by atoms with E-state index in [0.29, 0.717) is 0 Å². The number of benzene rings is 1. The van der Waals surface area contributed by atoms with Crippen LogP contribution in [0.15, 0.2) is 28.7 Å². The lowest BCUT2D eigenvalue weighted by molar-refractivity contribution is 0.191. The molecule has 1 aliphatic carbocycles. The van der Waals surface area contributed by atoms with E-state index in [2.05, 4.69) is 45.5 Å². The zero-order chi connectivity index (χ0) is 9.54.